The fourth-order valence-corrected chi connectivity index (χ4v) is 3.00. The van der Waals surface area contributed by atoms with Crippen molar-refractivity contribution in [1.82, 2.24) is 14.8 Å². The smallest absolute Gasteiger partial charge is 0.336 e. The van der Waals surface area contributed by atoms with Gasteiger partial charge in [-0.3, -0.25) is 0 Å². The van der Waals surface area contributed by atoms with Crippen LogP contribution in [0, 0.1) is 0 Å². The largest absolute Gasteiger partial charge is 0.478 e. The number of thioether (sulfide) groups is 1. The maximum atomic E-state index is 11.1. The van der Waals surface area contributed by atoms with E-state index < -0.39 is 5.97 Å². The van der Waals surface area contributed by atoms with Gasteiger partial charge in [-0.15, -0.1) is 11.8 Å². The highest BCUT2D eigenvalue weighted by molar-refractivity contribution is 9.10. The molecule has 0 atom stereocenters. The molecule has 0 amide bonds. The first-order valence-corrected chi connectivity index (χ1v) is 7.81. The van der Waals surface area contributed by atoms with Crippen molar-refractivity contribution in [2.45, 2.75) is 30.5 Å². The van der Waals surface area contributed by atoms with Crippen LogP contribution < -0.4 is 0 Å². The number of aromatic carboxylic acids is 1. The van der Waals surface area contributed by atoms with Crippen LogP contribution in [0.15, 0.2) is 33.9 Å². The summed E-state index contributed by atoms with van der Waals surface area (Å²) in [6, 6.07) is 5.55. The van der Waals surface area contributed by atoms with Crippen LogP contribution in [0.1, 0.15) is 36.1 Å². The Kier molecular flexibility index (Phi) is 4.82. The lowest BCUT2D eigenvalue weighted by molar-refractivity contribution is 0.0695. The monoisotopic (exact) mass is 355 g/mol. The Bertz CT molecular complexity index is 628. The predicted octanol–water partition coefficient (Wildman–Crippen LogP) is 3.61. The molecular weight excluding hydrogens is 342 g/mol. The molecule has 1 heterocycles. The van der Waals surface area contributed by atoms with Gasteiger partial charge >= 0.3 is 5.97 Å². The Labute approximate surface area is 129 Å². The van der Waals surface area contributed by atoms with Crippen molar-refractivity contribution < 1.29 is 9.90 Å². The van der Waals surface area contributed by atoms with Crippen molar-refractivity contribution in [1.29, 1.82) is 0 Å². The van der Waals surface area contributed by atoms with Gasteiger partial charge in [-0.05, 0) is 48.0 Å². The second-order valence-corrected chi connectivity index (χ2v) is 6.35. The zero-order valence-corrected chi connectivity index (χ0v) is 13.5. The van der Waals surface area contributed by atoms with Crippen LogP contribution in [0.25, 0.3) is 0 Å². The maximum absolute atomic E-state index is 11.1. The Morgan fingerprint density at radius 3 is 2.90 bits per heavy atom. The zero-order valence-electron chi connectivity index (χ0n) is 11.1. The molecule has 2 rings (SSSR count). The third kappa shape index (κ3) is 3.40. The van der Waals surface area contributed by atoms with Crippen molar-refractivity contribution in [3.63, 3.8) is 0 Å². The molecule has 1 aromatic heterocycles. The average Bonchev–Trinajstić information content (AvgIpc) is 2.86. The third-order valence-electron chi connectivity index (χ3n) is 2.67. The quantitative estimate of drug-likeness (QED) is 0.829. The van der Waals surface area contributed by atoms with E-state index in [4.69, 9.17) is 5.11 Å². The summed E-state index contributed by atoms with van der Waals surface area (Å²) >= 11 is 4.78. The number of carboxylic acids is 1. The fraction of sp³-hybridized carbons (Fsp3) is 0.308. The van der Waals surface area contributed by atoms with Gasteiger partial charge in [0.2, 0.25) is 0 Å². The standard InChI is InChI=1S/C13H14BrN3O2S/c1-8(2)17-12(15-7-16-17)6-20-9-3-4-11(14)10(5-9)13(18)19/h3-5,7-8H,6H2,1-2H3,(H,18,19). The molecule has 0 aliphatic carbocycles. The summed E-state index contributed by atoms with van der Waals surface area (Å²) in [5, 5.41) is 13.3. The van der Waals surface area contributed by atoms with Crippen molar-refractivity contribution in [3.8, 4) is 0 Å². The number of benzene rings is 1. The lowest BCUT2D eigenvalue weighted by atomic mass is 10.2. The van der Waals surface area contributed by atoms with Gasteiger partial charge in [0.15, 0.2) is 0 Å². The van der Waals surface area contributed by atoms with E-state index in [2.05, 4.69) is 26.0 Å². The molecular formula is C13H14BrN3O2S. The highest BCUT2D eigenvalue weighted by Crippen LogP contribution is 2.27. The molecule has 7 heteroatoms. The summed E-state index contributed by atoms with van der Waals surface area (Å²) in [6.45, 7) is 4.09. The van der Waals surface area contributed by atoms with Crippen LogP contribution in [0.2, 0.25) is 0 Å². The summed E-state index contributed by atoms with van der Waals surface area (Å²) < 4.78 is 2.45. The fourth-order valence-electron chi connectivity index (χ4n) is 1.71. The number of rotatable bonds is 5. The van der Waals surface area contributed by atoms with Crippen LogP contribution in [0.3, 0.4) is 0 Å². The highest BCUT2D eigenvalue weighted by atomic mass is 79.9. The van der Waals surface area contributed by atoms with E-state index >= 15 is 0 Å². The molecule has 0 bridgehead atoms. The van der Waals surface area contributed by atoms with Crippen molar-refractivity contribution in [2.75, 3.05) is 0 Å². The molecule has 0 spiro atoms. The molecule has 1 aromatic carbocycles. The molecule has 106 valence electrons. The predicted molar refractivity (Wildman–Crippen MR) is 81.1 cm³/mol. The number of hydrogen-bond donors (Lipinski definition) is 1. The summed E-state index contributed by atoms with van der Waals surface area (Å²) in [6.07, 6.45) is 1.54. The summed E-state index contributed by atoms with van der Waals surface area (Å²) in [7, 11) is 0. The topological polar surface area (TPSA) is 68.0 Å². The number of hydrogen-bond acceptors (Lipinski definition) is 4. The molecule has 0 fully saturated rings. The number of aromatic nitrogens is 3. The Morgan fingerprint density at radius 1 is 1.50 bits per heavy atom. The van der Waals surface area contributed by atoms with Gasteiger partial charge in [0.05, 0.1) is 11.3 Å². The van der Waals surface area contributed by atoms with Gasteiger partial charge in [-0.25, -0.2) is 14.5 Å². The Morgan fingerprint density at radius 2 is 2.25 bits per heavy atom. The molecule has 2 aromatic rings. The second kappa shape index (κ2) is 6.41. The molecule has 0 saturated carbocycles. The van der Waals surface area contributed by atoms with Gasteiger partial charge in [-0.2, -0.15) is 5.10 Å². The first-order chi connectivity index (χ1) is 9.49. The second-order valence-electron chi connectivity index (χ2n) is 4.45. The first kappa shape index (κ1) is 15.1. The van der Waals surface area contributed by atoms with Gasteiger partial charge in [0, 0.05) is 15.4 Å². The minimum Gasteiger partial charge on any atom is -0.478 e. The number of nitrogens with zero attached hydrogens (tertiary/aromatic N) is 3. The molecule has 0 aliphatic heterocycles. The molecule has 0 radical (unpaired) electrons. The van der Waals surface area contributed by atoms with Gasteiger partial charge in [-0.1, -0.05) is 0 Å². The summed E-state index contributed by atoms with van der Waals surface area (Å²) in [5.41, 5.74) is 0.264. The molecule has 5 nitrogen and oxygen atoms in total. The van der Waals surface area contributed by atoms with Crippen LogP contribution in [0.5, 0.6) is 0 Å². The van der Waals surface area contributed by atoms with Crippen molar-refractivity contribution >= 4 is 33.7 Å². The number of carboxylic acid groups (broad SMARTS) is 1. The third-order valence-corrected chi connectivity index (χ3v) is 4.35. The first-order valence-electron chi connectivity index (χ1n) is 6.03. The van der Waals surface area contributed by atoms with Crippen LogP contribution in [-0.2, 0) is 5.75 Å². The molecule has 20 heavy (non-hydrogen) atoms. The number of carbonyl (C=O) groups is 1. The van der Waals surface area contributed by atoms with Crippen LogP contribution in [0.4, 0.5) is 0 Å². The van der Waals surface area contributed by atoms with Crippen molar-refractivity contribution in [3.05, 3.63) is 40.4 Å². The van der Waals surface area contributed by atoms with Gasteiger partial charge in [0.25, 0.3) is 0 Å². The SMILES string of the molecule is CC(C)n1ncnc1CSc1ccc(Br)c(C(=O)O)c1. The lowest BCUT2D eigenvalue weighted by Gasteiger charge is -2.09. The highest BCUT2D eigenvalue weighted by Gasteiger charge is 2.11. The summed E-state index contributed by atoms with van der Waals surface area (Å²) in [5.74, 6) is 0.591. The maximum Gasteiger partial charge on any atom is 0.336 e. The molecule has 0 saturated heterocycles. The van der Waals surface area contributed by atoms with E-state index in [1.807, 2.05) is 24.6 Å². The Balaban J connectivity index is 2.13. The van der Waals surface area contributed by atoms with E-state index in [-0.39, 0.29) is 11.6 Å². The van der Waals surface area contributed by atoms with E-state index in [9.17, 15) is 4.79 Å². The van der Waals surface area contributed by atoms with E-state index in [0.29, 0.717) is 10.2 Å². The van der Waals surface area contributed by atoms with Crippen LogP contribution >= 0.6 is 27.7 Å². The zero-order chi connectivity index (χ0) is 14.7. The minimum absolute atomic E-state index is 0.257. The summed E-state index contributed by atoms with van der Waals surface area (Å²) in [4.78, 5) is 16.2. The van der Waals surface area contributed by atoms with E-state index in [1.165, 1.54) is 0 Å². The average molecular weight is 356 g/mol. The molecule has 1 N–H and O–H groups in total. The minimum atomic E-state index is -0.940. The van der Waals surface area contributed by atoms with E-state index in [1.54, 1.807) is 30.2 Å². The molecule has 0 unspecified atom stereocenters. The normalized spacial score (nSPS) is 11.0. The van der Waals surface area contributed by atoms with Gasteiger partial charge in [0.1, 0.15) is 12.2 Å². The van der Waals surface area contributed by atoms with E-state index in [0.717, 1.165) is 10.7 Å². The van der Waals surface area contributed by atoms with Crippen molar-refractivity contribution in [2.24, 2.45) is 0 Å². The number of halogens is 1. The molecule has 0 aliphatic rings. The van der Waals surface area contributed by atoms with Gasteiger partial charge < -0.3 is 5.11 Å². The lowest BCUT2D eigenvalue weighted by Crippen LogP contribution is -2.07. The Hall–Kier alpha value is -1.34. The van der Waals surface area contributed by atoms with Crippen LogP contribution in [-0.4, -0.2) is 25.8 Å².